The van der Waals surface area contributed by atoms with Crippen LogP contribution in [0.25, 0.3) is 0 Å². The van der Waals surface area contributed by atoms with Crippen LogP contribution in [-0.4, -0.2) is 49.1 Å². The number of rotatable bonds is 5. The van der Waals surface area contributed by atoms with E-state index in [9.17, 15) is 4.79 Å². The van der Waals surface area contributed by atoms with Crippen molar-refractivity contribution in [3.8, 4) is 0 Å². The minimum atomic E-state index is -0.482. The molecule has 0 aliphatic heterocycles. The number of amidine groups is 1. The van der Waals surface area contributed by atoms with E-state index in [2.05, 4.69) is 17.2 Å². The van der Waals surface area contributed by atoms with Crippen molar-refractivity contribution < 1.29 is 9.53 Å². The van der Waals surface area contributed by atoms with E-state index in [-0.39, 0.29) is 12.1 Å². The van der Waals surface area contributed by atoms with Gasteiger partial charge in [-0.05, 0) is 34.1 Å². The topological polar surface area (TPSA) is 53.9 Å². The van der Waals surface area contributed by atoms with Crippen LogP contribution in [-0.2, 0) is 4.74 Å². The standard InChI is InChI=1S/C14H29N3O2/c1-8-10-11(12(15-6)16-9-2)17(7)13(18)19-14(3,4)5/h11H,8-10H2,1-7H3,(H,15,16). The van der Waals surface area contributed by atoms with E-state index >= 15 is 0 Å². The summed E-state index contributed by atoms with van der Waals surface area (Å²) in [4.78, 5) is 18.0. The summed E-state index contributed by atoms with van der Waals surface area (Å²) in [6.07, 6.45) is 1.52. The molecular formula is C14H29N3O2. The normalized spacial score (nSPS) is 13.9. The molecule has 0 aliphatic carbocycles. The Hall–Kier alpha value is -1.26. The third kappa shape index (κ3) is 6.45. The highest BCUT2D eigenvalue weighted by atomic mass is 16.6. The summed E-state index contributed by atoms with van der Waals surface area (Å²) < 4.78 is 5.40. The summed E-state index contributed by atoms with van der Waals surface area (Å²) in [7, 11) is 3.50. The van der Waals surface area contributed by atoms with Crippen LogP contribution in [0.15, 0.2) is 4.99 Å². The summed E-state index contributed by atoms with van der Waals surface area (Å²) in [5.41, 5.74) is -0.482. The van der Waals surface area contributed by atoms with Gasteiger partial charge < -0.3 is 15.0 Å². The molecule has 0 saturated carbocycles. The molecule has 112 valence electrons. The highest BCUT2D eigenvalue weighted by molar-refractivity contribution is 5.90. The zero-order valence-electron chi connectivity index (χ0n) is 13.4. The minimum absolute atomic E-state index is 0.0650. The van der Waals surface area contributed by atoms with Gasteiger partial charge in [0.15, 0.2) is 0 Å². The Morgan fingerprint density at radius 1 is 1.37 bits per heavy atom. The average Bonchev–Trinajstić information content (AvgIpc) is 2.30. The largest absolute Gasteiger partial charge is 0.444 e. The molecule has 1 N–H and O–H groups in total. The van der Waals surface area contributed by atoms with Crippen LogP contribution in [0.2, 0.25) is 0 Å². The molecule has 0 fully saturated rings. The van der Waals surface area contributed by atoms with Gasteiger partial charge in [-0.2, -0.15) is 0 Å². The highest BCUT2D eigenvalue weighted by Gasteiger charge is 2.27. The van der Waals surface area contributed by atoms with Crippen molar-refractivity contribution in [3.05, 3.63) is 0 Å². The highest BCUT2D eigenvalue weighted by Crippen LogP contribution is 2.13. The molecule has 0 radical (unpaired) electrons. The molecule has 0 aromatic heterocycles. The van der Waals surface area contributed by atoms with Gasteiger partial charge in [0.1, 0.15) is 11.4 Å². The first-order valence-corrected chi connectivity index (χ1v) is 6.93. The molecule has 0 rings (SSSR count). The maximum Gasteiger partial charge on any atom is 0.410 e. The van der Waals surface area contributed by atoms with Gasteiger partial charge in [-0.3, -0.25) is 4.99 Å². The number of ether oxygens (including phenoxy) is 1. The molecule has 0 aromatic rings. The number of carbonyl (C=O) groups is 1. The molecule has 0 aromatic carbocycles. The van der Waals surface area contributed by atoms with Crippen molar-refractivity contribution >= 4 is 11.9 Å². The van der Waals surface area contributed by atoms with Crippen LogP contribution in [0.5, 0.6) is 0 Å². The van der Waals surface area contributed by atoms with E-state index in [0.717, 1.165) is 25.2 Å². The van der Waals surface area contributed by atoms with Crippen molar-refractivity contribution in [2.75, 3.05) is 20.6 Å². The van der Waals surface area contributed by atoms with Crippen LogP contribution >= 0.6 is 0 Å². The maximum absolute atomic E-state index is 12.1. The number of hydrogen-bond donors (Lipinski definition) is 1. The first-order valence-electron chi connectivity index (χ1n) is 6.93. The van der Waals surface area contributed by atoms with Crippen molar-refractivity contribution in [3.63, 3.8) is 0 Å². The number of carbonyl (C=O) groups excluding carboxylic acids is 1. The third-order valence-corrected chi connectivity index (χ3v) is 2.63. The van der Waals surface area contributed by atoms with E-state index in [1.165, 1.54) is 0 Å². The molecule has 1 unspecified atom stereocenters. The molecule has 0 aliphatic rings. The quantitative estimate of drug-likeness (QED) is 0.618. The number of aliphatic imine (C=N–C) groups is 1. The fraction of sp³-hybridized carbons (Fsp3) is 0.857. The van der Waals surface area contributed by atoms with Gasteiger partial charge in [0, 0.05) is 20.6 Å². The van der Waals surface area contributed by atoms with Crippen molar-refractivity contribution in [2.45, 2.75) is 59.1 Å². The van der Waals surface area contributed by atoms with Crippen molar-refractivity contribution in [1.82, 2.24) is 10.2 Å². The van der Waals surface area contributed by atoms with E-state index in [4.69, 9.17) is 4.74 Å². The lowest BCUT2D eigenvalue weighted by molar-refractivity contribution is 0.0260. The molecule has 1 atom stereocenters. The fourth-order valence-corrected chi connectivity index (χ4v) is 1.78. The maximum atomic E-state index is 12.1. The molecule has 1 amide bonds. The van der Waals surface area contributed by atoms with Gasteiger partial charge in [0.25, 0.3) is 0 Å². The Bertz CT molecular complexity index is 308. The van der Waals surface area contributed by atoms with Gasteiger partial charge in [-0.1, -0.05) is 13.3 Å². The van der Waals surface area contributed by atoms with E-state index in [1.54, 1.807) is 19.0 Å². The third-order valence-electron chi connectivity index (χ3n) is 2.63. The molecule has 0 spiro atoms. The van der Waals surface area contributed by atoms with E-state index < -0.39 is 5.60 Å². The summed E-state index contributed by atoms with van der Waals surface area (Å²) in [6.45, 7) is 10.5. The lowest BCUT2D eigenvalue weighted by Gasteiger charge is -2.31. The van der Waals surface area contributed by atoms with Gasteiger partial charge in [0.2, 0.25) is 0 Å². The van der Waals surface area contributed by atoms with Crippen LogP contribution in [0.1, 0.15) is 47.5 Å². The molecule has 0 heterocycles. The number of nitrogens with one attached hydrogen (secondary N) is 1. The second-order valence-corrected chi connectivity index (χ2v) is 5.53. The monoisotopic (exact) mass is 271 g/mol. The van der Waals surface area contributed by atoms with Gasteiger partial charge in [-0.25, -0.2) is 4.79 Å². The smallest absolute Gasteiger partial charge is 0.410 e. The van der Waals surface area contributed by atoms with Gasteiger partial charge in [0.05, 0.1) is 6.04 Å². The molecular weight excluding hydrogens is 242 g/mol. The van der Waals surface area contributed by atoms with Crippen LogP contribution in [0.3, 0.4) is 0 Å². The number of hydrogen-bond acceptors (Lipinski definition) is 3. The van der Waals surface area contributed by atoms with Gasteiger partial charge >= 0.3 is 6.09 Å². The molecule has 5 nitrogen and oxygen atoms in total. The summed E-state index contributed by atoms with van der Waals surface area (Å²) >= 11 is 0. The van der Waals surface area contributed by atoms with Crippen molar-refractivity contribution in [1.29, 1.82) is 0 Å². The first kappa shape index (κ1) is 17.7. The van der Waals surface area contributed by atoms with Crippen LogP contribution < -0.4 is 5.32 Å². The van der Waals surface area contributed by atoms with Crippen LogP contribution in [0, 0.1) is 0 Å². The number of amides is 1. The molecule has 0 bridgehead atoms. The van der Waals surface area contributed by atoms with Crippen LogP contribution in [0.4, 0.5) is 4.79 Å². The second kappa shape index (κ2) is 8.02. The lowest BCUT2D eigenvalue weighted by atomic mass is 10.1. The zero-order valence-corrected chi connectivity index (χ0v) is 13.4. The summed E-state index contributed by atoms with van der Waals surface area (Å²) in [5, 5.41) is 3.22. The summed E-state index contributed by atoms with van der Waals surface area (Å²) in [5.74, 6) is 0.831. The SMILES string of the molecule is CCCC(C(=NC)NCC)N(C)C(=O)OC(C)(C)C. The number of nitrogens with zero attached hydrogens (tertiary/aromatic N) is 2. The average molecular weight is 271 g/mol. The Labute approximate surface area is 117 Å². The molecule has 0 saturated heterocycles. The minimum Gasteiger partial charge on any atom is -0.444 e. The predicted molar refractivity (Wildman–Crippen MR) is 79.7 cm³/mol. The summed E-state index contributed by atoms with van der Waals surface area (Å²) in [6, 6.07) is -0.0650. The second-order valence-electron chi connectivity index (χ2n) is 5.53. The van der Waals surface area contributed by atoms with E-state index in [1.807, 2.05) is 27.7 Å². The number of likely N-dealkylation sites (N-methyl/N-ethyl adjacent to an activating group) is 2. The zero-order chi connectivity index (χ0) is 15.1. The predicted octanol–water partition coefficient (Wildman–Crippen LogP) is 2.66. The van der Waals surface area contributed by atoms with Gasteiger partial charge in [-0.15, -0.1) is 0 Å². The Morgan fingerprint density at radius 3 is 2.32 bits per heavy atom. The fourth-order valence-electron chi connectivity index (χ4n) is 1.78. The Balaban J connectivity index is 4.91. The Kier molecular flexibility index (Phi) is 7.49. The lowest BCUT2D eigenvalue weighted by Crippen LogP contribution is -2.49. The van der Waals surface area contributed by atoms with Crippen molar-refractivity contribution in [2.24, 2.45) is 4.99 Å². The Morgan fingerprint density at radius 2 is 1.95 bits per heavy atom. The molecule has 19 heavy (non-hydrogen) atoms. The van der Waals surface area contributed by atoms with E-state index in [0.29, 0.717) is 0 Å². The first-order chi connectivity index (χ1) is 8.76. The molecule has 5 heteroatoms.